The maximum absolute atomic E-state index is 14.7. The van der Waals surface area contributed by atoms with Crippen LogP contribution < -0.4 is 0 Å². The lowest BCUT2D eigenvalue weighted by Crippen LogP contribution is -2.66. The first-order valence-electron chi connectivity index (χ1n) is 17.4. The zero-order chi connectivity index (χ0) is 32.6. The number of hydrogen-bond donors (Lipinski definition) is 0. The van der Waals surface area contributed by atoms with Gasteiger partial charge in [0.2, 0.25) is 0 Å². The van der Waals surface area contributed by atoms with Crippen LogP contribution >= 0.6 is 15.9 Å². The predicted octanol–water partition coefficient (Wildman–Crippen LogP) is 9.87. The summed E-state index contributed by atoms with van der Waals surface area (Å²) in [5.41, 5.74) is 2.72. The molecular formula is C39H54BrNO4. The van der Waals surface area contributed by atoms with Crippen LogP contribution in [0, 0.1) is 50.2 Å². The minimum absolute atomic E-state index is 0.0229. The van der Waals surface area contributed by atoms with Crippen molar-refractivity contribution in [3.63, 3.8) is 0 Å². The summed E-state index contributed by atoms with van der Waals surface area (Å²) in [5.74, 6) is 0.817. The number of hydrogen-bond acceptors (Lipinski definition) is 5. The maximum atomic E-state index is 14.7. The van der Waals surface area contributed by atoms with Crippen molar-refractivity contribution in [1.29, 1.82) is 0 Å². The van der Waals surface area contributed by atoms with Gasteiger partial charge in [-0.15, -0.1) is 0 Å². The highest BCUT2D eigenvalue weighted by atomic mass is 79.9. The van der Waals surface area contributed by atoms with E-state index < -0.39 is 5.41 Å². The predicted molar refractivity (Wildman–Crippen MR) is 182 cm³/mol. The molecule has 5 nitrogen and oxygen atoms in total. The zero-order valence-corrected chi connectivity index (χ0v) is 30.4. The number of nitrogens with zero attached hydrogens (tertiary/aromatic N) is 1. The normalized spacial score (nSPS) is 42.9. The average Bonchev–Trinajstić information content (AvgIpc) is 2.96. The third-order valence-corrected chi connectivity index (χ3v) is 14.9. The molecule has 6 heteroatoms. The Morgan fingerprint density at radius 1 is 1.00 bits per heavy atom. The Kier molecular flexibility index (Phi) is 8.10. The van der Waals surface area contributed by atoms with E-state index in [0.29, 0.717) is 24.9 Å². The number of fused-ring (bicyclic) bond motifs is 7. The van der Waals surface area contributed by atoms with Crippen LogP contribution in [0.15, 0.2) is 45.5 Å². The van der Waals surface area contributed by atoms with Crippen LogP contribution in [-0.4, -0.2) is 24.1 Å². The molecule has 4 fully saturated rings. The number of benzene rings is 1. The second-order valence-corrected chi connectivity index (χ2v) is 18.1. The van der Waals surface area contributed by atoms with Gasteiger partial charge < -0.3 is 9.57 Å². The molecule has 0 heterocycles. The first kappa shape index (κ1) is 33.0. The molecule has 0 unspecified atom stereocenters. The Balaban J connectivity index is 1.31. The Labute approximate surface area is 279 Å². The van der Waals surface area contributed by atoms with Gasteiger partial charge in [0.15, 0.2) is 5.78 Å². The summed E-state index contributed by atoms with van der Waals surface area (Å²) in [6, 6.07) is 8.17. The van der Waals surface area contributed by atoms with E-state index in [1.165, 1.54) is 5.57 Å². The van der Waals surface area contributed by atoms with Crippen molar-refractivity contribution in [3.05, 3.63) is 46.0 Å². The molecule has 0 aliphatic heterocycles. The fourth-order valence-electron chi connectivity index (χ4n) is 11.5. The summed E-state index contributed by atoms with van der Waals surface area (Å²) < 4.78 is 6.63. The van der Waals surface area contributed by atoms with E-state index >= 15 is 0 Å². The van der Waals surface area contributed by atoms with Gasteiger partial charge in [0.25, 0.3) is 0 Å². The number of allylic oxidation sites excluding steroid dienone is 2. The highest BCUT2D eigenvalue weighted by Crippen LogP contribution is 2.75. The fraction of sp³-hybridized carbons (Fsp3) is 0.718. The van der Waals surface area contributed by atoms with Crippen molar-refractivity contribution in [2.24, 2.45) is 55.4 Å². The average molecular weight is 681 g/mol. The van der Waals surface area contributed by atoms with E-state index in [4.69, 9.17) is 14.7 Å². The first-order valence-corrected chi connectivity index (χ1v) is 18.2. The van der Waals surface area contributed by atoms with Crippen LogP contribution in [0.25, 0.3) is 0 Å². The molecule has 0 radical (unpaired) electrons. The number of halogens is 1. The van der Waals surface area contributed by atoms with Crippen LogP contribution in [-0.2, 0) is 25.8 Å². The molecule has 5 aliphatic carbocycles. The van der Waals surface area contributed by atoms with Crippen molar-refractivity contribution < 1.29 is 19.2 Å². The van der Waals surface area contributed by atoms with Crippen LogP contribution in [0.3, 0.4) is 0 Å². The van der Waals surface area contributed by atoms with E-state index in [2.05, 4.69) is 82.6 Å². The third kappa shape index (κ3) is 4.92. The molecule has 8 atom stereocenters. The lowest BCUT2D eigenvalue weighted by atomic mass is 9.33. The van der Waals surface area contributed by atoms with Gasteiger partial charge in [-0.25, -0.2) is 0 Å². The Morgan fingerprint density at radius 2 is 1.73 bits per heavy atom. The summed E-state index contributed by atoms with van der Waals surface area (Å²) in [6.07, 6.45) is 10.9. The first-order chi connectivity index (χ1) is 21.0. The number of ether oxygens (including phenoxy) is 1. The molecule has 5 aliphatic rings. The van der Waals surface area contributed by atoms with E-state index in [0.717, 1.165) is 73.5 Å². The third-order valence-electron chi connectivity index (χ3n) is 14.4. The van der Waals surface area contributed by atoms with Crippen LogP contribution in [0.4, 0.5) is 0 Å². The van der Waals surface area contributed by atoms with Gasteiger partial charge in [-0.1, -0.05) is 80.3 Å². The van der Waals surface area contributed by atoms with Crippen molar-refractivity contribution in [2.75, 3.05) is 6.61 Å². The van der Waals surface area contributed by atoms with Gasteiger partial charge in [-0.3, -0.25) is 9.59 Å². The molecule has 0 amide bonds. The molecule has 6 rings (SSSR count). The van der Waals surface area contributed by atoms with Gasteiger partial charge >= 0.3 is 5.97 Å². The van der Waals surface area contributed by atoms with E-state index in [9.17, 15) is 9.59 Å². The smallest absolute Gasteiger partial charge is 0.311 e. The molecule has 4 saturated carbocycles. The highest BCUT2D eigenvalue weighted by Gasteiger charge is 2.70. The lowest BCUT2D eigenvalue weighted by Gasteiger charge is -2.70. The van der Waals surface area contributed by atoms with E-state index in [1.807, 2.05) is 19.1 Å². The summed E-state index contributed by atoms with van der Waals surface area (Å²) in [5, 5.41) is 4.76. The summed E-state index contributed by atoms with van der Waals surface area (Å²) in [7, 11) is 0. The second-order valence-electron chi connectivity index (χ2n) is 17.1. The number of ketones is 1. The summed E-state index contributed by atoms with van der Waals surface area (Å²) in [6.45, 7) is 19.3. The molecule has 0 bridgehead atoms. The highest BCUT2D eigenvalue weighted by molar-refractivity contribution is 9.10. The van der Waals surface area contributed by atoms with Gasteiger partial charge in [0, 0.05) is 15.8 Å². The van der Waals surface area contributed by atoms with Crippen molar-refractivity contribution in [1.82, 2.24) is 0 Å². The van der Waals surface area contributed by atoms with Crippen LogP contribution in [0.5, 0.6) is 0 Å². The van der Waals surface area contributed by atoms with Crippen LogP contribution in [0.2, 0.25) is 0 Å². The molecule has 1 aromatic carbocycles. The minimum atomic E-state index is -0.494. The van der Waals surface area contributed by atoms with Gasteiger partial charge in [-0.05, 0) is 129 Å². The van der Waals surface area contributed by atoms with Gasteiger partial charge in [0.05, 0.1) is 17.7 Å². The fourth-order valence-corrected chi connectivity index (χ4v) is 11.9. The van der Waals surface area contributed by atoms with Crippen molar-refractivity contribution in [2.45, 2.75) is 120 Å². The molecule has 1 aromatic rings. The molecule has 45 heavy (non-hydrogen) atoms. The topological polar surface area (TPSA) is 65.0 Å². The largest absolute Gasteiger partial charge is 0.466 e. The zero-order valence-electron chi connectivity index (χ0n) is 28.9. The number of rotatable bonds is 5. The van der Waals surface area contributed by atoms with Gasteiger partial charge in [0.1, 0.15) is 6.61 Å². The molecule has 0 saturated heterocycles. The molecule has 246 valence electrons. The number of carbonyl (C=O) groups excluding carboxylic acids is 2. The van der Waals surface area contributed by atoms with Crippen molar-refractivity contribution in [3.8, 4) is 0 Å². The van der Waals surface area contributed by atoms with Gasteiger partial charge in [-0.2, -0.15) is 0 Å². The number of esters is 1. The van der Waals surface area contributed by atoms with E-state index in [1.54, 1.807) is 0 Å². The molecular weight excluding hydrogens is 626 g/mol. The quantitative estimate of drug-likeness (QED) is 0.230. The maximum Gasteiger partial charge on any atom is 0.311 e. The Hall–Kier alpha value is -1.95. The standard InChI is InChI=1S/C39H54BrNO4/c1-9-44-33(43)36(5)18-17-35(4)19-20-38(7)27(28(35)23-36)22-29(42)32-37(6)15-14-31(34(2,3)30(37)13-16-39(32,38)8)41-45-24-25-11-10-12-26(40)21-25/h10-12,21-22,28,30,32H,9,13-20,23-24H2,1-8H3/b41-31+/t28-,30-,32+,35+,36-,37-,38+,39+/m0/s1. The SMILES string of the molecule is CCOC(=O)[C@@]1(C)CC[C@]2(C)CC[C@]3(C)C(=CC(=O)[C@@H]4[C@@]5(C)CC/C(=N\OCc6cccc(Br)c6)C(C)(C)[C@@H]5CC[C@]43C)[C@@H]2C1. The number of oxime groups is 1. The minimum Gasteiger partial charge on any atom is -0.466 e. The Bertz CT molecular complexity index is 1450. The Morgan fingerprint density at radius 3 is 2.44 bits per heavy atom. The van der Waals surface area contributed by atoms with Crippen LogP contribution in [0.1, 0.15) is 119 Å². The monoisotopic (exact) mass is 679 g/mol. The lowest BCUT2D eigenvalue weighted by molar-refractivity contribution is -0.177. The molecule has 0 spiro atoms. The van der Waals surface area contributed by atoms with E-state index in [-0.39, 0.29) is 44.9 Å². The van der Waals surface area contributed by atoms with Crippen molar-refractivity contribution >= 4 is 33.4 Å². The second kappa shape index (κ2) is 11.1. The molecule has 0 aromatic heterocycles. The molecule has 0 N–H and O–H groups in total. The summed E-state index contributed by atoms with van der Waals surface area (Å²) >= 11 is 3.55. The number of carbonyl (C=O) groups is 2. The summed E-state index contributed by atoms with van der Waals surface area (Å²) in [4.78, 5) is 33.9.